The Hall–Kier alpha value is -1.27. The van der Waals surface area contributed by atoms with Gasteiger partial charge < -0.3 is 25.8 Å². The fraction of sp³-hybridized carbons (Fsp3) is 0.800. The van der Waals surface area contributed by atoms with Gasteiger partial charge in [0.1, 0.15) is 0 Å². The van der Waals surface area contributed by atoms with Gasteiger partial charge in [-0.05, 0) is 40.0 Å². The molecule has 2 rings (SSSR count). The lowest BCUT2D eigenvalue weighted by Gasteiger charge is -2.33. The van der Waals surface area contributed by atoms with E-state index in [4.69, 9.17) is 10.5 Å². The van der Waals surface area contributed by atoms with E-state index in [1.54, 1.807) is 11.2 Å². The molecule has 0 spiro atoms. The first-order valence-electron chi connectivity index (χ1n) is 7.76. The lowest BCUT2D eigenvalue weighted by atomic mass is 9.90. The topological polar surface area (TPSA) is 72.9 Å². The Kier molecular flexibility index (Phi) is 5.47. The van der Waals surface area contributed by atoms with Gasteiger partial charge in [-0.3, -0.25) is 4.79 Å². The molecule has 0 saturated carbocycles. The number of carbonyl (C=O) groups excluding carboxylic acids is 1. The van der Waals surface area contributed by atoms with Crippen LogP contribution in [-0.4, -0.2) is 48.3 Å². The minimum absolute atomic E-state index is 0.290. The van der Waals surface area contributed by atoms with E-state index in [0.29, 0.717) is 43.5 Å². The van der Waals surface area contributed by atoms with Crippen LogP contribution in [0.25, 0.3) is 5.43 Å². The smallest absolute Gasteiger partial charge is 0.222 e. The number of ether oxygens (including phenoxy) is 1. The largest absolute Gasteiger partial charge is 0.546 e. The van der Waals surface area contributed by atoms with E-state index < -0.39 is 0 Å². The molecule has 6 heteroatoms. The highest BCUT2D eigenvalue weighted by Gasteiger charge is 2.47. The van der Waals surface area contributed by atoms with Crippen molar-refractivity contribution in [1.82, 2.24) is 9.91 Å². The summed E-state index contributed by atoms with van der Waals surface area (Å²) in [6.45, 7) is 4.77. The first kappa shape index (κ1) is 16.1. The molecule has 2 aliphatic rings. The Bertz CT molecular complexity index is 395. The number of fused-ring (bicyclic) bond motifs is 2. The van der Waals surface area contributed by atoms with E-state index >= 15 is 0 Å². The standard InChI is InChI=1S/C15H27N4O2/c1-4-15(20)19-13-5-6-14(19)12(7-13)9-21-10-17-18(3)8-11(2)16/h8,12-14H,4-7,9-10,16H2,1-3H3/q-1/b11-8-. The predicted octanol–water partition coefficient (Wildman–Crippen LogP) is 1.79. The van der Waals surface area contributed by atoms with E-state index in [9.17, 15) is 4.79 Å². The lowest BCUT2D eigenvalue weighted by Crippen LogP contribution is -2.36. The molecule has 0 aromatic carbocycles. The van der Waals surface area contributed by atoms with E-state index in [1.165, 1.54) is 0 Å². The van der Waals surface area contributed by atoms with Gasteiger partial charge in [0, 0.05) is 42.9 Å². The zero-order valence-electron chi connectivity index (χ0n) is 13.3. The van der Waals surface area contributed by atoms with Crippen molar-refractivity contribution in [3.05, 3.63) is 17.3 Å². The highest BCUT2D eigenvalue weighted by molar-refractivity contribution is 5.77. The second-order valence-corrected chi connectivity index (χ2v) is 6.04. The van der Waals surface area contributed by atoms with Gasteiger partial charge in [0.15, 0.2) is 0 Å². The van der Waals surface area contributed by atoms with Crippen LogP contribution in [0.1, 0.15) is 39.5 Å². The fourth-order valence-electron chi connectivity index (χ4n) is 3.53. The van der Waals surface area contributed by atoms with Crippen LogP contribution < -0.4 is 5.73 Å². The predicted molar refractivity (Wildman–Crippen MR) is 81.9 cm³/mol. The van der Waals surface area contributed by atoms with Crippen molar-refractivity contribution in [3.8, 4) is 0 Å². The third-order valence-corrected chi connectivity index (χ3v) is 4.35. The summed E-state index contributed by atoms with van der Waals surface area (Å²) in [6, 6.07) is 0.824. The molecule has 6 nitrogen and oxygen atoms in total. The summed E-state index contributed by atoms with van der Waals surface area (Å²) in [7, 11) is 1.83. The van der Waals surface area contributed by atoms with Gasteiger partial charge in [-0.25, -0.2) is 0 Å². The molecule has 2 heterocycles. The molecule has 2 fully saturated rings. The van der Waals surface area contributed by atoms with Gasteiger partial charge in [0.05, 0.1) is 0 Å². The summed E-state index contributed by atoms with van der Waals surface area (Å²) in [5.41, 5.74) is 10.5. The Balaban J connectivity index is 1.71. The summed E-state index contributed by atoms with van der Waals surface area (Å²) in [5, 5.41) is 1.67. The molecule has 2 bridgehead atoms. The van der Waals surface area contributed by atoms with Gasteiger partial charge in [-0.15, -0.1) is 0 Å². The average Bonchev–Trinajstić information content (AvgIpc) is 2.99. The van der Waals surface area contributed by atoms with E-state index in [1.807, 2.05) is 20.9 Å². The fourth-order valence-corrected chi connectivity index (χ4v) is 3.53. The van der Waals surface area contributed by atoms with Gasteiger partial charge in [-0.1, -0.05) is 6.92 Å². The zero-order chi connectivity index (χ0) is 15.4. The highest BCUT2D eigenvalue weighted by atomic mass is 16.5. The minimum Gasteiger partial charge on any atom is -0.546 e. The van der Waals surface area contributed by atoms with Gasteiger partial charge >= 0.3 is 0 Å². The summed E-state index contributed by atoms with van der Waals surface area (Å²) in [5.74, 6) is 0.754. The summed E-state index contributed by atoms with van der Waals surface area (Å²) in [6.07, 6.45) is 5.71. The molecule has 3 atom stereocenters. The maximum absolute atomic E-state index is 12.0. The molecule has 0 aromatic rings. The van der Waals surface area contributed by atoms with Crippen LogP contribution in [0.2, 0.25) is 0 Å². The maximum atomic E-state index is 12.0. The number of hydrogen-bond acceptors (Lipinski definition) is 4. The SMILES string of the molecule is CCC(=O)N1C2CCC1C(COC[N-]N(C)/C=C(/C)N)C2. The van der Waals surface area contributed by atoms with Crippen molar-refractivity contribution in [2.75, 3.05) is 20.4 Å². The first-order chi connectivity index (χ1) is 10.0. The van der Waals surface area contributed by atoms with Crippen molar-refractivity contribution < 1.29 is 9.53 Å². The number of hydrogen-bond donors (Lipinski definition) is 1. The van der Waals surface area contributed by atoms with Crippen LogP contribution in [0.15, 0.2) is 11.9 Å². The third kappa shape index (κ3) is 3.89. The second-order valence-electron chi connectivity index (χ2n) is 6.04. The van der Waals surface area contributed by atoms with Crippen molar-refractivity contribution in [2.45, 2.75) is 51.6 Å². The normalized spacial score (nSPS) is 28.2. The van der Waals surface area contributed by atoms with Gasteiger partial charge in [0.25, 0.3) is 0 Å². The van der Waals surface area contributed by atoms with Gasteiger partial charge in [-0.2, -0.15) is 0 Å². The number of nitrogens with zero attached hydrogens (tertiary/aromatic N) is 3. The van der Waals surface area contributed by atoms with Crippen LogP contribution >= 0.6 is 0 Å². The maximum Gasteiger partial charge on any atom is 0.222 e. The third-order valence-electron chi connectivity index (χ3n) is 4.35. The number of nitrogens with two attached hydrogens (primary N) is 1. The van der Waals surface area contributed by atoms with Crippen LogP contribution in [0.3, 0.4) is 0 Å². The monoisotopic (exact) mass is 295 g/mol. The van der Waals surface area contributed by atoms with Crippen molar-refractivity contribution in [1.29, 1.82) is 0 Å². The summed E-state index contributed by atoms with van der Waals surface area (Å²) >= 11 is 0. The molecule has 21 heavy (non-hydrogen) atoms. The molecule has 3 unspecified atom stereocenters. The molecule has 0 aliphatic carbocycles. The van der Waals surface area contributed by atoms with Crippen LogP contribution in [0.5, 0.6) is 0 Å². The first-order valence-corrected chi connectivity index (χ1v) is 7.76. The Morgan fingerprint density at radius 3 is 2.95 bits per heavy atom. The van der Waals surface area contributed by atoms with E-state index in [2.05, 4.69) is 10.3 Å². The van der Waals surface area contributed by atoms with Gasteiger partial charge in [0.2, 0.25) is 5.91 Å². The van der Waals surface area contributed by atoms with E-state index in [-0.39, 0.29) is 5.91 Å². The van der Waals surface area contributed by atoms with Crippen LogP contribution in [0, 0.1) is 5.92 Å². The zero-order valence-corrected chi connectivity index (χ0v) is 13.3. The highest BCUT2D eigenvalue weighted by Crippen LogP contribution is 2.42. The number of amides is 1. The molecular formula is C15H27N4O2-. The van der Waals surface area contributed by atoms with Crippen molar-refractivity contribution >= 4 is 5.91 Å². The average molecular weight is 295 g/mol. The lowest BCUT2D eigenvalue weighted by molar-refractivity contribution is -0.132. The Morgan fingerprint density at radius 1 is 1.52 bits per heavy atom. The number of carbonyl (C=O) groups is 1. The van der Waals surface area contributed by atoms with Crippen molar-refractivity contribution in [3.63, 3.8) is 0 Å². The van der Waals surface area contributed by atoms with Crippen LogP contribution in [-0.2, 0) is 9.53 Å². The molecule has 2 aliphatic heterocycles. The molecule has 2 saturated heterocycles. The number of allylic oxidation sites excluding steroid dienone is 1. The number of rotatable bonds is 7. The molecular weight excluding hydrogens is 268 g/mol. The second kappa shape index (κ2) is 7.13. The van der Waals surface area contributed by atoms with Crippen LogP contribution in [0.4, 0.5) is 0 Å². The molecule has 0 radical (unpaired) electrons. The summed E-state index contributed by atoms with van der Waals surface area (Å²) in [4.78, 5) is 14.1. The minimum atomic E-state index is 0.290. The molecule has 1 amide bonds. The van der Waals surface area contributed by atoms with Crippen molar-refractivity contribution in [2.24, 2.45) is 11.7 Å². The Labute approximate surface area is 127 Å². The van der Waals surface area contributed by atoms with E-state index in [0.717, 1.165) is 19.3 Å². The quantitative estimate of drug-likeness (QED) is 0.574. The molecule has 2 N–H and O–H groups in total. The Morgan fingerprint density at radius 2 is 2.29 bits per heavy atom. The molecule has 0 aromatic heterocycles. The summed E-state index contributed by atoms with van der Waals surface area (Å²) < 4.78 is 5.67. The molecule has 120 valence electrons.